The molecule has 3 aliphatic rings. The summed E-state index contributed by atoms with van der Waals surface area (Å²) in [6, 6.07) is -0.458. The van der Waals surface area contributed by atoms with Crippen LogP contribution in [0.5, 0.6) is 0 Å². The minimum Gasteiger partial charge on any atom is -0.342 e. The second kappa shape index (κ2) is 6.70. The number of imide groups is 1. The van der Waals surface area contributed by atoms with Crippen LogP contribution in [0.3, 0.4) is 0 Å². The Morgan fingerprint density at radius 1 is 1.12 bits per heavy atom. The number of nitrogens with zero attached hydrogens (tertiary/aromatic N) is 3. The number of carbonyl (C=O) groups excluding carboxylic acids is 3. The maximum Gasteiger partial charge on any atom is 0.325 e. The Labute approximate surface area is 143 Å². The lowest BCUT2D eigenvalue weighted by Crippen LogP contribution is -2.50. The van der Waals surface area contributed by atoms with E-state index in [4.69, 9.17) is 0 Å². The first-order valence-electron chi connectivity index (χ1n) is 9.09. The zero-order chi connectivity index (χ0) is 17.3. The van der Waals surface area contributed by atoms with Crippen molar-refractivity contribution in [3.8, 4) is 0 Å². The van der Waals surface area contributed by atoms with Crippen molar-refractivity contribution in [1.29, 1.82) is 0 Å². The van der Waals surface area contributed by atoms with Crippen molar-refractivity contribution >= 4 is 17.8 Å². The van der Waals surface area contributed by atoms with Crippen molar-refractivity contribution in [1.82, 2.24) is 20.0 Å². The van der Waals surface area contributed by atoms with Gasteiger partial charge in [-0.05, 0) is 33.1 Å². The zero-order valence-electron chi connectivity index (χ0n) is 14.7. The Morgan fingerprint density at radius 3 is 2.38 bits per heavy atom. The number of rotatable bonds is 3. The summed E-state index contributed by atoms with van der Waals surface area (Å²) in [6.45, 7) is 6.80. The van der Waals surface area contributed by atoms with Crippen LogP contribution in [0, 0.1) is 0 Å². The smallest absolute Gasteiger partial charge is 0.325 e. The van der Waals surface area contributed by atoms with E-state index in [1.807, 2.05) is 23.6 Å². The number of urea groups is 1. The minimum atomic E-state index is -0.833. The van der Waals surface area contributed by atoms with Gasteiger partial charge in [-0.2, -0.15) is 0 Å². The molecule has 0 aliphatic carbocycles. The molecule has 3 heterocycles. The van der Waals surface area contributed by atoms with E-state index in [-0.39, 0.29) is 23.9 Å². The normalized spacial score (nSPS) is 28.8. The molecule has 3 saturated heterocycles. The standard InChI is InChI=1S/C17H28N4O3/c1-13(2)21-15(23)17(18-16(21)24)7-10-19(12-17)11-14(22)20-8-5-3-4-6-9-20/h13H,3-12H2,1-2H3,(H,18,24)/t17-/m0/s1. The molecule has 0 aromatic carbocycles. The van der Waals surface area contributed by atoms with Crippen molar-refractivity contribution in [3.05, 3.63) is 0 Å². The largest absolute Gasteiger partial charge is 0.342 e. The second-order valence-corrected chi connectivity index (χ2v) is 7.54. The molecule has 3 fully saturated rings. The molecule has 1 N–H and O–H groups in total. The molecule has 0 radical (unpaired) electrons. The quantitative estimate of drug-likeness (QED) is 0.774. The molecule has 0 bridgehead atoms. The van der Waals surface area contributed by atoms with Crippen molar-refractivity contribution in [2.45, 2.75) is 57.5 Å². The first-order chi connectivity index (χ1) is 11.4. The van der Waals surface area contributed by atoms with E-state index in [1.54, 1.807) is 0 Å². The Morgan fingerprint density at radius 2 is 1.79 bits per heavy atom. The van der Waals surface area contributed by atoms with E-state index >= 15 is 0 Å². The Bertz CT molecular complexity index is 528. The monoisotopic (exact) mass is 336 g/mol. The molecule has 0 aromatic heterocycles. The number of hydrogen-bond acceptors (Lipinski definition) is 4. The second-order valence-electron chi connectivity index (χ2n) is 7.54. The van der Waals surface area contributed by atoms with Crippen LogP contribution in [0.1, 0.15) is 46.0 Å². The van der Waals surface area contributed by atoms with E-state index in [0.717, 1.165) is 25.9 Å². The van der Waals surface area contributed by atoms with Gasteiger partial charge in [-0.3, -0.25) is 19.4 Å². The predicted octanol–water partition coefficient (Wildman–Crippen LogP) is 0.794. The van der Waals surface area contributed by atoms with Gasteiger partial charge in [0.15, 0.2) is 0 Å². The van der Waals surface area contributed by atoms with Gasteiger partial charge < -0.3 is 10.2 Å². The predicted molar refractivity (Wildman–Crippen MR) is 89.3 cm³/mol. The molecule has 134 valence electrons. The van der Waals surface area contributed by atoms with Crippen LogP contribution in [0.15, 0.2) is 0 Å². The molecular formula is C17H28N4O3. The van der Waals surface area contributed by atoms with Gasteiger partial charge >= 0.3 is 6.03 Å². The summed E-state index contributed by atoms with van der Waals surface area (Å²) in [5, 5.41) is 2.87. The van der Waals surface area contributed by atoms with Crippen molar-refractivity contribution in [2.24, 2.45) is 0 Å². The van der Waals surface area contributed by atoms with Crippen LogP contribution in [0.2, 0.25) is 0 Å². The number of amides is 4. The van der Waals surface area contributed by atoms with Gasteiger partial charge in [0, 0.05) is 32.2 Å². The van der Waals surface area contributed by atoms with Crippen molar-refractivity contribution < 1.29 is 14.4 Å². The fraction of sp³-hybridized carbons (Fsp3) is 0.824. The van der Waals surface area contributed by atoms with Gasteiger partial charge in [-0.1, -0.05) is 12.8 Å². The van der Waals surface area contributed by atoms with Crippen LogP contribution < -0.4 is 5.32 Å². The molecule has 0 unspecified atom stereocenters. The summed E-state index contributed by atoms with van der Waals surface area (Å²) in [6.07, 6.45) is 5.12. The topological polar surface area (TPSA) is 73.0 Å². The SMILES string of the molecule is CC(C)N1C(=O)N[C@]2(CCN(CC(=O)N3CCCCCC3)C2)C1=O. The molecule has 1 atom stereocenters. The van der Waals surface area contributed by atoms with Crippen molar-refractivity contribution in [2.75, 3.05) is 32.7 Å². The van der Waals surface area contributed by atoms with Crippen LogP contribution in [-0.4, -0.2) is 76.8 Å². The molecule has 7 nitrogen and oxygen atoms in total. The summed E-state index contributed by atoms with van der Waals surface area (Å²) >= 11 is 0. The lowest BCUT2D eigenvalue weighted by Gasteiger charge is -2.25. The Balaban J connectivity index is 1.60. The van der Waals surface area contributed by atoms with Gasteiger partial charge in [0.25, 0.3) is 5.91 Å². The Kier molecular flexibility index (Phi) is 4.80. The van der Waals surface area contributed by atoms with Gasteiger partial charge in [-0.15, -0.1) is 0 Å². The number of carbonyl (C=O) groups is 3. The average molecular weight is 336 g/mol. The molecule has 7 heteroatoms. The summed E-state index contributed by atoms with van der Waals surface area (Å²) in [4.78, 5) is 42.6. The molecular weight excluding hydrogens is 308 g/mol. The van der Waals surface area contributed by atoms with Gasteiger partial charge in [0.2, 0.25) is 5.91 Å². The average Bonchev–Trinajstić information content (AvgIpc) is 2.88. The third kappa shape index (κ3) is 3.14. The first-order valence-corrected chi connectivity index (χ1v) is 9.09. The molecule has 4 amide bonds. The highest BCUT2D eigenvalue weighted by molar-refractivity contribution is 6.07. The lowest BCUT2D eigenvalue weighted by atomic mass is 9.98. The highest BCUT2D eigenvalue weighted by Crippen LogP contribution is 2.29. The first kappa shape index (κ1) is 17.2. The third-order valence-electron chi connectivity index (χ3n) is 5.38. The molecule has 24 heavy (non-hydrogen) atoms. The van der Waals surface area contributed by atoms with Crippen LogP contribution >= 0.6 is 0 Å². The molecule has 3 aliphatic heterocycles. The fourth-order valence-electron chi connectivity index (χ4n) is 4.02. The van der Waals surface area contributed by atoms with Crippen molar-refractivity contribution in [3.63, 3.8) is 0 Å². The number of nitrogens with one attached hydrogen (secondary N) is 1. The fourth-order valence-corrected chi connectivity index (χ4v) is 4.02. The zero-order valence-corrected chi connectivity index (χ0v) is 14.7. The third-order valence-corrected chi connectivity index (χ3v) is 5.38. The van der Waals surface area contributed by atoms with E-state index < -0.39 is 5.54 Å². The molecule has 3 rings (SSSR count). The summed E-state index contributed by atoms with van der Waals surface area (Å²) < 4.78 is 0. The molecule has 0 saturated carbocycles. The van der Waals surface area contributed by atoms with Gasteiger partial charge in [0.1, 0.15) is 5.54 Å². The highest BCUT2D eigenvalue weighted by Gasteiger charge is 2.55. The van der Waals surface area contributed by atoms with E-state index in [0.29, 0.717) is 26.1 Å². The Hall–Kier alpha value is -1.63. The lowest BCUT2D eigenvalue weighted by molar-refractivity contribution is -0.134. The highest BCUT2D eigenvalue weighted by atomic mass is 16.2. The molecule has 1 spiro atoms. The molecule has 0 aromatic rings. The van der Waals surface area contributed by atoms with E-state index in [2.05, 4.69) is 5.32 Å². The van der Waals surface area contributed by atoms with Crippen LogP contribution in [-0.2, 0) is 9.59 Å². The minimum absolute atomic E-state index is 0.145. The maximum absolute atomic E-state index is 12.7. The van der Waals surface area contributed by atoms with Gasteiger partial charge in [-0.25, -0.2) is 4.79 Å². The summed E-state index contributed by atoms with van der Waals surface area (Å²) in [7, 11) is 0. The van der Waals surface area contributed by atoms with E-state index in [9.17, 15) is 14.4 Å². The summed E-state index contributed by atoms with van der Waals surface area (Å²) in [5.41, 5.74) is -0.833. The number of hydrogen-bond donors (Lipinski definition) is 1. The van der Waals surface area contributed by atoms with E-state index in [1.165, 1.54) is 17.7 Å². The number of likely N-dealkylation sites (tertiary alicyclic amines) is 2. The van der Waals surface area contributed by atoms with Crippen LogP contribution in [0.4, 0.5) is 4.79 Å². The van der Waals surface area contributed by atoms with Gasteiger partial charge in [0.05, 0.1) is 6.54 Å². The summed E-state index contributed by atoms with van der Waals surface area (Å²) in [5.74, 6) is -0.00124. The maximum atomic E-state index is 12.7. The van der Waals surface area contributed by atoms with Crippen LogP contribution in [0.25, 0.3) is 0 Å².